The van der Waals surface area contributed by atoms with Gasteiger partial charge in [0.15, 0.2) is 5.78 Å². The number of fused-ring (bicyclic) bond motifs is 1. The molecule has 0 bridgehead atoms. The maximum Gasteiger partial charge on any atom is 0.191 e. The zero-order valence-corrected chi connectivity index (χ0v) is 10.4. The lowest BCUT2D eigenvalue weighted by Crippen LogP contribution is -2.63. The van der Waals surface area contributed by atoms with Crippen molar-refractivity contribution in [2.45, 2.75) is 44.8 Å². The first-order valence-electron chi connectivity index (χ1n) is 6.14. The van der Waals surface area contributed by atoms with Crippen molar-refractivity contribution in [3.8, 4) is 0 Å². The molecule has 3 nitrogen and oxygen atoms in total. The fourth-order valence-electron chi connectivity index (χ4n) is 3.81. The second-order valence-corrected chi connectivity index (χ2v) is 6.12. The molecule has 3 aliphatic rings. The van der Waals surface area contributed by atoms with Crippen LogP contribution in [-0.4, -0.2) is 27.2 Å². The highest BCUT2D eigenvalue weighted by atomic mass is 16.3. The smallest absolute Gasteiger partial charge is 0.191 e. The molecule has 0 radical (unpaired) electrons. The maximum atomic E-state index is 12.4. The minimum absolute atomic E-state index is 0.209. The summed E-state index contributed by atoms with van der Waals surface area (Å²) in [5, 5.41) is 21.3. The fraction of sp³-hybridized carbons (Fsp3) is 0.643. The number of Topliss-reactive ketones (excluding diaryl/α,β-unsaturated/α-hetero) is 1. The summed E-state index contributed by atoms with van der Waals surface area (Å²) >= 11 is 0. The Labute approximate surface area is 101 Å². The molecule has 92 valence electrons. The number of carbonyl (C=O) groups is 1. The summed E-state index contributed by atoms with van der Waals surface area (Å²) < 4.78 is 0. The monoisotopic (exact) mass is 234 g/mol. The lowest BCUT2D eigenvalue weighted by Gasteiger charge is -2.50. The molecule has 3 unspecified atom stereocenters. The van der Waals surface area contributed by atoms with Crippen molar-refractivity contribution < 1.29 is 15.0 Å². The molecule has 3 heteroatoms. The molecule has 2 saturated carbocycles. The van der Waals surface area contributed by atoms with E-state index in [-0.39, 0.29) is 11.7 Å². The quantitative estimate of drug-likeness (QED) is 0.665. The molecule has 0 aliphatic heterocycles. The number of ketones is 1. The summed E-state index contributed by atoms with van der Waals surface area (Å²) in [6, 6.07) is 0. The molecule has 0 saturated heterocycles. The summed E-state index contributed by atoms with van der Waals surface area (Å²) in [4.78, 5) is 12.4. The molecule has 3 rings (SSSR count). The van der Waals surface area contributed by atoms with Crippen LogP contribution in [0.4, 0.5) is 0 Å². The zero-order chi connectivity index (χ0) is 12.6. The molecular formula is C14H18O3. The molecule has 0 aromatic rings. The van der Waals surface area contributed by atoms with Gasteiger partial charge in [-0.25, -0.2) is 0 Å². The van der Waals surface area contributed by atoms with E-state index in [0.717, 1.165) is 18.4 Å². The third-order valence-corrected chi connectivity index (χ3v) is 5.11. The summed E-state index contributed by atoms with van der Waals surface area (Å²) in [7, 11) is 0. The first kappa shape index (κ1) is 11.2. The van der Waals surface area contributed by atoms with Gasteiger partial charge in [-0.3, -0.25) is 4.79 Å². The minimum atomic E-state index is -1.43. The average Bonchev–Trinajstić information content (AvgIpc) is 2.95. The largest absolute Gasteiger partial charge is 0.389 e. The summed E-state index contributed by atoms with van der Waals surface area (Å²) in [5.41, 5.74) is -1.56. The Bertz CT molecular complexity index is 476. The average molecular weight is 234 g/mol. The second kappa shape index (κ2) is 2.73. The van der Waals surface area contributed by atoms with Crippen molar-refractivity contribution in [3.63, 3.8) is 0 Å². The van der Waals surface area contributed by atoms with Crippen molar-refractivity contribution in [2.75, 3.05) is 0 Å². The van der Waals surface area contributed by atoms with Crippen LogP contribution >= 0.6 is 0 Å². The standard InChI is InChI=1S/C14H18O3/c1-8-6-9-10(7-8)12(2,16)14(4-5-14)13(3,17)11(9)15/h6-7,10,16-17H,4-5H2,1-3H3. The van der Waals surface area contributed by atoms with Crippen LogP contribution in [0.2, 0.25) is 0 Å². The van der Waals surface area contributed by atoms with Crippen LogP contribution in [0.1, 0.15) is 33.6 Å². The molecule has 2 fully saturated rings. The second-order valence-electron chi connectivity index (χ2n) is 6.12. The molecule has 17 heavy (non-hydrogen) atoms. The van der Waals surface area contributed by atoms with Gasteiger partial charge in [-0.05, 0) is 33.6 Å². The number of hydrogen-bond donors (Lipinski definition) is 2. The highest BCUT2D eigenvalue weighted by Crippen LogP contribution is 2.68. The van der Waals surface area contributed by atoms with E-state index in [0.29, 0.717) is 5.57 Å². The number of hydrogen-bond acceptors (Lipinski definition) is 3. The van der Waals surface area contributed by atoms with Crippen LogP contribution < -0.4 is 0 Å². The molecule has 3 aliphatic carbocycles. The molecular weight excluding hydrogens is 216 g/mol. The first-order chi connectivity index (χ1) is 7.74. The predicted molar refractivity (Wildman–Crippen MR) is 63.3 cm³/mol. The van der Waals surface area contributed by atoms with Gasteiger partial charge in [-0.15, -0.1) is 0 Å². The van der Waals surface area contributed by atoms with Gasteiger partial charge < -0.3 is 10.2 Å². The van der Waals surface area contributed by atoms with Gasteiger partial charge >= 0.3 is 0 Å². The van der Waals surface area contributed by atoms with E-state index in [9.17, 15) is 15.0 Å². The van der Waals surface area contributed by atoms with E-state index in [1.165, 1.54) is 0 Å². The fourth-order valence-corrected chi connectivity index (χ4v) is 3.81. The lowest BCUT2D eigenvalue weighted by atomic mass is 9.58. The highest BCUT2D eigenvalue weighted by Gasteiger charge is 2.74. The molecule has 0 aromatic carbocycles. The number of aliphatic hydroxyl groups is 2. The Hall–Kier alpha value is -0.930. The van der Waals surface area contributed by atoms with Crippen LogP contribution in [0.5, 0.6) is 0 Å². The molecule has 0 amide bonds. The van der Waals surface area contributed by atoms with Crippen LogP contribution in [0, 0.1) is 11.3 Å². The van der Waals surface area contributed by atoms with Crippen molar-refractivity contribution in [3.05, 3.63) is 23.3 Å². The molecule has 2 N–H and O–H groups in total. The van der Waals surface area contributed by atoms with Crippen LogP contribution in [-0.2, 0) is 4.79 Å². The summed E-state index contributed by atoms with van der Waals surface area (Å²) in [5.74, 6) is -0.461. The van der Waals surface area contributed by atoms with Crippen LogP contribution in [0.3, 0.4) is 0 Å². The van der Waals surface area contributed by atoms with E-state index in [4.69, 9.17) is 0 Å². The number of carbonyl (C=O) groups excluding carboxylic acids is 1. The van der Waals surface area contributed by atoms with Gasteiger partial charge in [0.2, 0.25) is 0 Å². The third kappa shape index (κ3) is 1.03. The highest BCUT2D eigenvalue weighted by molar-refractivity contribution is 6.06. The van der Waals surface area contributed by atoms with Crippen molar-refractivity contribution >= 4 is 5.78 Å². The zero-order valence-electron chi connectivity index (χ0n) is 10.4. The predicted octanol–water partition coefficient (Wildman–Crippen LogP) is 1.35. The van der Waals surface area contributed by atoms with Gasteiger partial charge in [0.25, 0.3) is 0 Å². The van der Waals surface area contributed by atoms with Crippen molar-refractivity contribution in [2.24, 2.45) is 11.3 Å². The Morgan fingerprint density at radius 3 is 2.41 bits per heavy atom. The van der Waals surface area contributed by atoms with Crippen LogP contribution in [0.25, 0.3) is 0 Å². The van der Waals surface area contributed by atoms with Gasteiger partial charge in [-0.2, -0.15) is 0 Å². The Kier molecular flexibility index (Phi) is 1.79. The molecule has 0 aromatic heterocycles. The summed E-state index contributed by atoms with van der Waals surface area (Å²) in [6.45, 7) is 5.24. The topological polar surface area (TPSA) is 57.5 Å². The van der Waals surface area contributed by atoms with Gasteiger partial charge in [0.05, 0.1) is 5.60 Å². The van der Waals surface area contributed by atoms with Crippen LogP contribution in [0.15, 0.2) is 23.3 Å². The Morgan fingerprint density at radius 1 is 1.29 bits per heavy atom. The van der Waals surface area contributed by atoms with E-state index in [2.05, 4.69) is 0 Å². The number of rotatable bonds is 0. The third-order valence-electron chi connectivity index (χ3n) is 5.11. The molecule has 1 spiro atoms. The minimum Gasteiger partial charge on any atom is -0.389 e. The van der Waals surface area contributed by atoms with E-state index < -0.39 is 16.6 Å². The first-order valence-corrected chi connectivity index (χ1v) is 6.14. The SMILES string of the molecule is CC1=CC2C(=C1)C(=O)C(C)(O)C1(CC1)C2(C)O. The number of allylic oxidation sites excluding steroid dienone is 2. The van der Waals surface area contributed by atoms with E-state index >= 15 is 0 Å². The van der Waals surface area contributed by atoms with E-state index in [1.807, 2.05) is 13.0 Å². The lowest BCUT2D eigenvalue weighted by molar-refractivity contribution is -0.175. The normalized spacial score (nSPS) is 46.6. The molecule has 0 heterocycles. The van der Waals surface area contributed by atoms with Gasteiger partial charge in [0, 0.05) is 16.9 Å². The summed E-state index contributed by atoms with van der Waals surface area (Å²) in [6.07, 6.45) is 5.18. The van der Waals surface area contributed by atoms with Gasteiger partial charge in [0.1, 0.15) is 5.60 Å². The van der Waals surface area contributed by atoms with Crippen molar-refractivity contribution in [1.82, 2.24) is 0 Å². The molecule has 3 atom stereocenters. The Balaban J connectivity index is 2.20. The van der Waals surface area contributed by atoms with Gasteiger partial charge in [-0.1, -0.05) is 17.7 Å². The van der Waals surface area contributed by atoms with Crippen molar-refractivity contribution in [1.29, 1.82) is 0 Å². The Morgan fingerprint density at radius 2 is 1.88 bits per heavy atom. The van der Waals surface area contributed by atoms with E-state index in [1.54, 1.807) is 19.9 Å². The maximum absolute atomic E-state index is 12.4.